The van der Waals surface area contributed by atoms with Crippen LogP contribution in [0.4, 0.5) is 0 Å². The van der Waals surface area contributed by atoms with E-state index in [1.54, 1.807) is 18.9 Å². The van der Waals surface area contributed by atoms with Crippen molar-refractivity contribution in [2.24, 2.45) is 10.8 Å². The zero-order chi connectivity index (χ0) is 12.2. The summed E-state index contributed by atoms with van der Waals surface area (Å²) in [5.74, 6) is 0.577. The second-order valence-electron chi connectivity index (χ2n) is 5.58. The lowest BCUT2D eigenvalue weighted by Crippen LogP contribution is -2.69. The SMILES string of the molecule is CN1C(=N)C(C)(C)C(C)(O)C(C)(C)C1=N. The summed E-state index contributed by atoms with van der Waals surface area (Å²) in [7, 11) is 1.71. The molecule has 3 N–H and O–H groups in total. The largest absolute Gasteiger partial charge is 0.388 e. The maximum absolute atomic E-state index is 10.6. The number of hydrogen-bond donors (Lipinski definition) is 3. The first kappa shape index (κ1) is 12.2. The Balaban J connectivity index is 3.40. The first-order valence-electron chi connectivity index (χ1n) is 5.12. The van der Waals surface area contributed by atoms with Crippen LogP contribution in [0.25, 0.3) is 0 Å². The molecule has 1 heterocycles. The molecule has 1 aliphatic heterocycles. The molecule has 0 aromatic carbocycles. The van der Waals surface area contributed by atoms with Gasteiger partial charge in [0.05, 0.1) is 16.4 Å². The fourth-order valence-corrected chi connectivity index (χ4v) is 2.19. The minimum absolute atomic E-state index is 0.289. The third-order valence-corrected chi connectivity index (χ3v) is 4.29. The zero-order valence-electron chi connectivity index (χ0n) is 10.4. The number of nitrogens with one attached hydrogen (secondary N) is 2. The predicted octanol–water partition coefficient (Wildman–Crippen LogP) is 1.69. The molecule has 1 rings (SSSR count). The van der Waals surface area contributed by atoms with Crippen molar-refractivity contribution in [2.75, 3.05) is 7.05 Å². The van der Waals surface area contributed by atoms with E-state index in [4.69, 9.17) is 10.8 Å². The molecule has 0 spiro atoms. The summed E-state index contributed by atoms with van der Waals surface area (Å²) in [5, 5.41) is 26.6. The zero-order valence-corrected chi connectivity index (χ0v) is 10.4. The molecular weight excluding hydrogens is 190 g/mol. The van der Waals surface area contributed by atoms with Crippen molar-refractivity contribution in [1.29, 1.82) is 10.8 Å². The van der Waals surface area contributed by atoms with E-state index in [1.807, 2.05) is 27.7 Å². The second-order valence-corrected chi connectivity index (χ2v) is 5.58. The number of aliphatic hydroxyl groups is 1. The van der Waals surface area contributed by atoms with Crippen molar-refractivity contribution in [1.82, 2.24) is 4.90 Å². The van der Waals surface area contributed by atoms with Crippen LogP contribution in [0.3, 0.4) is 0 Å². The van der Waals surface area contributed by atoms with Crippen molar-refractivity contribution in [2.45, 2.75) is 40.2 Å². The Bertz CT molecular complexity index is 299. The number of piperidine rings is 1. The van der Waals surface area contributed by atoms with E-state index >= 15 is 0 Å². The summed E-state index contributed by atoms with van der Waals surface area (Å²) in [5.41, 5.74) is -2.41. The number of likely N-dealkylation sites (tertiary alicyclic amines) is 1. The molecule has 0 saturated carbocycles. The Kier molecular flexibility index (Phi) is 2.28. The van der Waals surface area contributed by atoms with E-state index in [0.29, 0.717) is 0 Å². The topological polar surface area (TPSA) is 71.2 Å². The summed E-state index contributed by atoms with van der Waals surface area (Å²) in [6, 6.07) is 0. The third kappa shape index (κ3) is 1.17. The Morgan fingerprint density at radius 3 is 1.47 bits per heavy atom. The molecule has 0 aliphatic carbocycles. The van der Waals surface area contributed by atoms with Gasteiger partial charge in [-0.1, -0.05) is 0 Å². The van der Waals surface area contributed by atoms with E-state index in [9.17, 15) is 5.11 Å². The van der Waals surface area contributed by atoms with Crippen LogP contribution < -0.4 is 0 Å². The number of nitrogens with zero attached hydrogens (tertiary/aromatic N) is 1. The van der Waals surface area contributed by atoms with Crippen molar-refractivity contribution in [3.8, 4) is 0 Å². The summed E-state index contributed by atoms with van der Waals surface area (Å²) >= 11 is 0. The van der Waals surface area contributed by atoms with Gasteiger partial charge in [-0.2, -0.15) is 0 Å². The quantitative estimate of drug-likeness (QED) is 0.570. The molecule has 86 valence electrons. The van der Waals surface area contributed by atoms with E-state index < -0.39 is 16.4 Å². The molecule has 1 aliphatic rings. The molecule has 15 heavy (non-hydrogen) atoms. The molecule has 0 unspecified atom stereocenters. The van der Waals surface area contributed by atoms with Crippen molar-refractivity contribution < 1.29 is 5.11 Å². The van der Waals surface area contributed by atoms with Crippen LogP contribution in [0.5, 0.6) is 0 Å². The second kappa shape index (κ2) is 2.82. The molecule has 1 saturated heterocycles. The first-order chi connectivity index (χ1) is 6.48. The molecule has 0 atom stereocenters. The van der Waals surface area contributed by atoms with Gasteiger partial charge in [0.2, 0.25) is 0 Å². The van der Waals surface area contributed by atoms with Gasteiger partial charge in [0.1, 0.15) is 11.7 Å². The standard InChI is InChI=1S/C11H21N3O/c1-9(2)7(12)14(6)8(13)10(3,4)11(9,5)15/h12-13,15H,1-6H3. The highest BCUT2D eigenvalue weighted by Crippen LogP contribution is 2.49. The number of rotatable bonds is 0. The van der Waals surface area contributed by atoms with E-state index in [1.165, 1.54) is 0 Å². The summed E-state index contributed by atoms with van der Waals surface area (Å²) < 4.78 is 0. The lowest BCUT2D eigenvalue weighted by Gasteiger charge is -2.57. The van der Waals surface area contributed by atoms with Gasteiger partial charge in [-0.15, -0.1) is 0 Å². The Hall–Kier alpha value is -0.900. The number of hydrogen-bond acceptors (Lipinski definition) is 3. The van der Waals surface area contributed by atoms with Crippen molar-refractivity contribution in [3.63, 3.8) is 0 Å². The maximum atomic E-state index is 10.6. The van der Waals surface area contributed by atoms with Gasteiger partial charge in [0.25, 0.3) is 0 Å². The highest BCUT2D eigenvalue weighted by atomic mass is 16.3. The lowest BCUT2D eigenvalue weighted by atomic mass is 9.58. The van der Waals surface area contributed by atoms with E-state index in [0.717, 1.165) is 0 Å². The Labute approximate surface area is 91.3 Å². The summed E-state index contributed by atoms with van der Waals surface area (Å²) in [6.45, 7) is 9.10. The molecule has 1 fully saturated rings. The number of amidine groups is 2. The lowest BCUT2D eigenvalue weighted by molar-refractivity contribution is -0.0939. The van der Waals surface area contributed by atoms with E-state index in [-0.39, 0.29) is 11.7 Å². The van der Waals surface area contributed by atoms with Gasteiger partial charge in [0, 0.05) is 7.05 Å². The molecule has 0 aromatic rings. The van der Waals surface area contributed by atoms with Gasteiger partial charge in [-0.3, -0.25) is 10.8 Å². The Morgan fingerprint density at radius 1 is 0.933 bits per heavy atom. The summed E-state index contributed by atoms with van der Waals surface area (Å²) in [6.07, 6.45) is 0. The normalized spacial score (nSPS) is 34.5. The third-order valence-electron chi connectivity index (χ3n) is 4.29. The van der Waals surface area contributed by atoms with Crippen LogP contribution in [-0.2, 0) is 0 Å². The fourth-order valence-electron chi connectivity index (χ4n) is 2.19. The van der Waals surface area contributed by atoms with Crippen LogP contribution >= 0.6 is 0 Å². The van der Waals surface area contributed by atoms with Gasteiger partial charge in [-0.25, -0.2) is 0 Å². The van der Waals surface area contributed by atoms with Gasteiger partial charge in [0.15, 0.2) is 0 Å². The molecule has 0 amide bonds. The van der Waals surface area contributed by atoms with Crippen LogP contribution in [0.15, 0.2) is 0 Å². The molecule has 4 nitrogen and oxygen atoms in total. The highest BCUT2D eigenvalue weighted by Gasteiger charge is 2.60. The van der Waals surface area contributed by atoms with E-state index in [2.05, 4.69) is 0 Å². The van der Waals surface area contributed by atoms with Gasteiger partial charge < -0.3 is 10.0 Å². The minimum atomic E-state index is -1.10. The van der Waals surface area contributed by atoms with Crippen molar-refractivity contribution in [3.05, 3.63) is 0 Å². The van der Waals surface area contributed by atoms with Crippen LogP contribution in [0.2, 0.25) is 0 Å². The minimum Gasteiger partial charge on any atom is -0.388 e. The summed E-state index contributed by atoms with van der Waals surface area (Å²) in [4.78, 5) is 1.55. The van der Waals surface area contributed by atoms with Crippen molar-refractivity contribution >= 4 is 11.7 Å². The Morgan fingerprint density at radius 2 is 1.20 bits per heavy atom. The molecule has 4 heteroatoms. The average molecular weight is 211 g/mol. The first-order valence-corrected chi connectivity index (χ1v) is 5.12. The van der Waals surface area contributed by atoms with Gasteiger partial charge >= 0.3 is 0 Å². The molecule has 0 aromatic heterocycles. The van der Waals surface area contributed by atoms with Gasteiger partial charge in [-0.05, 0) is 34.6 Å². The maximum Gasteiger partial charge on any atom is 0.110 e. The smallest absolute Gasteiger partial charge is 0.110 e. The molecule has 0 bridgehead atoms. The van der Waals surface area contributed by atoms with Crippen LogP contribution in [0.1, 0.15) is 34.6 Å². The van der Waals surface area contributed by atoms with Crippen LogP contribution in [-0.4, -0.2) is 34.3 Å². The predicted molar refractivity (Wildman–Crippen MR) is 61.4 cm³/mol. The molecular formula is C11H21N3O. The monoisotopic (exact) mass is 211 g/mol. The fraction of sp³-hybridized carbons (Fsp3) is 0.818. The molecule has 0 radical (unpaired) electrons. The average Bonchev–Trinajstić information content (AvgIpc) is 2.12. The van der Waals surface area contributed by atoms with Crippen LogP contribution in [0, 0.1) is 21.6 Å². The highest BCUT2D eigenvalue weighted by molar-refractivity contribution is 6.06.